The van der Waals surface area contributed by atoms with Gasteiger partial charge in [-0.2, -0.15) is 0 Å². The van der Waals surface area contributed by atoms with Crippen molar-refractivity contribution in [3.05, 3.63) is 87.9 Å². The number of anilines is 2. The lowest BCUT2D eigenvalue weighted by atomic mass is 10.1. The molecule has 150 valence electrons. The first-order valence-corrected chi connectivity index (χ1v) is 10.8. The van der Waals surface area contributed by atoms with E-state index in [-0.39, 0.29) is 10.5 Å². The van der Waals surface area contributed by atoms with Crippen molar-refractivity contribution in [2.45, 2.75) is 25.7 Å². The molecule has 0 saturated heterocycles. The molecule has 0 atom stereocenters. The summed E-state index contributed by atoms with van der Waals surface area (Å²) in [5, 5.41) is 3.22. The van der Waals surface area contributed by atoms with Crippen molar-refractivity contribution >= 4 is 38.9 Å². The smallest absolute Gasteiger partial charge is 0.262 e. The second kappa shape index (κ2) is 8.27. The second-order valence-corrected chi connectivity index (χ2v) is 8.96. The van der Waals surface area contributed by atoms with Gasteiger partial charge in [0.1, 0.15) is 0 Å². The fourth-order valence-corrected chi connectivity index (χ4v) is 4.52. The van der Waals surface area contributed by atoms with Gasteiger partial charge in [0.15, 0.2) is 0 Å². The average molecular weight is 429 g/mol. The minimum absolute atomic E-state index is 0.0521. The molecule has 0 aliphatic heterocycles. The molecule has 2 N–H and O–H groups in total. The van der Waals surface area contributed by atoms with Crippen molar-refractivity contribution in [2.75, 3.05) is 10.0 Å². The first-order valence-electron chi connectivity index (χ1n) is 8.93. The van der Waals surface area contributed by atoms with E-state index in [4.69, 9.17) is 11.6 Å². The first kappa shape index (κ1) is 20.9. The SMILES string of the molecule is Cc1ccc(NS(=O)(=O)c2cc(C(=O)Nc3cccc(Cl)c3)ccc2C)c(C)c1. The summed E-state index contributed by atoms with van der Waals surface area (Å²) >= 11 is 5.94. The van der Waals surface area contributed by atoms with Gasteiger partial charge < -0.3 is 5.32 Å². The van der Waals surface area contributed by atoms with Crippen molar-refractivity contribution < 1.29 is 13.2 Å². The fourth-order valence-electron chi connectivity index (χ4n) is 2.93. The molecule has 0 saturated carbocycles. The quantitative estimate of drug-likeness (QED) is 0.577. The van der Waals surface area contributed by atoms with Crippen LogP contribution in [-0.4, -0.2) is 14.3 Å². The Morgan fingerprint density at radius 2 is 1.66 bits per heavy atom. The molecule has 1 amide bonds. The van der Waals surface area contributed by atoms with Gasteiger partial charge >= 0.3 is 0 Å². The Morgan fingerprint density at radius 3 is 2.34 bits per heavy atom. The molecular formula is C22H21ClN2O3S. The number of hydrogen-bond acceptors (Lipinski definition) is 3. The predicted molar refractivity (Wildman–Crippen MR) is 117 cm³/mol. The molecule has 0 aliphatic carbocycles. The number of sulfonamides is 1. The zero-order chi connectivity index (χ0) is 21.2. The summed E-state index contributed by atoms with van der Waals surface area (Å²) in [6.07, 6.45) is 0. The molecule has 0 bridgehead atoms. The number of rotatable bonds is 5. The largest absolute Gasteiger partial charge is 0.322 e. The van der Waals surface area contributed by atoms with E-state index in [0.717, 1.165) is 11.1 Å². The van der Waals surface area contributed by atoms with Crippen LogP contribution in [0.2, 0.25) is 5.02 Å². The number of aryl methyl sites for hydroxylation is 3. The van der Waals surface area contributed by atoms with Crippen molar-refractivity contribution in [3.63, 3.8) is 0 Å². The number of carbonyl (C=O) groups excluding carboxylic acids is 1. The molecule has 7 heteroatoms. The molecule has 3 aromatic rings. The van der Waals surface area contributed by atoms with Crippen molar-refractivity contribution in [3.8, 4) is 0 Å². The van der Waals surface area contributed by atoms with E-state index in [2.05, 4.69) is 10.0 Å². The number of halogens is 1. The van der Waals surface area contributed by atoms with Crippen LogP contribution in [0, 0.1) is 20.8 Å². The summed E-state index contributed by atoms with van der Waals surface area (Å²) in [5.74, 6) is -0.421. The highest BCUT2D eigenvalue weighted by molar-refractivity contribution is 7.92. The van der Waals surface area contributed by atoms with Crippen LogP contribution < -0.4 is 10.0 Å². The molecule has 0 aliphatic rings. The number of benzene rings is 3. The molecule has 3 rings (SSSR count). The molecule has 3 aromatic carbocycles. The fraction of sp³-hybridized carbons (Fsp3) is 0.136. The highest BCUT2D eigenvalue weighted by Gasteiger charge is 2.20. The molecule has 0 radical (unpaired) electrons. The number of nitrogens with one attached hydrogen (secondary N) is 2. The van der Waals surface area contributed by atoms with Crippen molar-refractivity contribution in [1.82, 2.24) is 0 Å². The maximum Gasteiger partial charge on any atom is 0.262 e. The highest BCUT2D eigenvalue weighted by Crippen LogP contribution is 2.24. The number of amides is 1. The Hall–Kier alpha value is -2.83. The summed E-state index contributed by atoms with van der Waals surface area (Å²) in [4.78, 5) is 12.6. The maximum absolute atomic E-state index is 13.0. The third kappa shape index (κ3) is 4.96. The van der Waals surface area contributed by atoms with Gasteiger partial charge in [-0.1, -0.05) is 41.4 Å². The Balaban J connectivity index is 1.90. The third-order valence-electron chi connectivity index (χ3n) is 4.45. The van der Waals surface area contributed by atoms with Crippen LogP contribution in [0.3, 0.4) is 0 Å². The van der Waals surface area contributed by atoms with E-state index < -0.39 is 15.9 Å². The van der Waals surface area contributed by atoms with Crippen molar-refractivity contribution in [2.24, 2.45) is 0 Å². The molecule has 0 spiro atoms. The molecule has 0 unspecified atom stereocenters. The van der Waals surface area contributed by atoms with Gasteiger partial charge in [0.25, 0.3) is 15.9 Å². The van der Waals surface area contributed by atoms with Crippen LogP contribution in [0.4, 0.5) is 11.4 Å². The lowest BCUT2D eigenvalue weighted by Gasteiger charge is -2.14. The summed E-state index contributed by atoms with van der Waals surface area (Å²) in [7, 11) is -3.87. The molecule has 0 heterocycles. The van der Waals surface area contributed by atoms with Crippen molar-refractivity contribution in [1.29, 1.82) is 0 Å². The minimum Gasteiger partial charge on any atom is -0.322 e. The summed E-state index contributed by atoms with van der Waals surface area (Å²) in [6.45, 7) is 5.47. The Kier molecular flexibility index (Phi) is 5.96. The van der Waals surface area contributed by atoms with Crippen LogP contribution in [-0.2, 0) is 10.0 Å². The van der Waals surface area contributed by atoms with Gasteiger partial charge in [-0.15, -0.1) is 0 Å². The standard InChI is InChI=1S/C22H21ClN2O3S/c1-14-7-10-20(16(3)11-14)25-29(27,28)21-12-17(9-8-15(21)2)22(26)24-19-6-4-5-18(23)13-19/h4-13,25H,1-3H3,(H,24,26). The highest BCUT2D eigenvalue weighted by atomic mass is 35.5. The van der Waals surface area contributed by atoms with Gasteiger partial charge in [0.2, 0.25) is 0 Å². The van der Waals surface area contributed by atoms with Gasteiger partial charge in [0, 0.05) is 16.3 Å². The van der Waals surface area contributed by atoms with E-state index in [1.807, 2.05) is 26.0 Å². The van der Waals surface area contributed by atoms with E-state index in [1.165, 1.54) is 6.07 Å². The van der Waals surface area contributed by atoms with Crippen LogP contribution in [0.1, 0.15) is 27.0 Å². The third-order valence-corrected chi connectivity index (χ3v) is 6.19. The zero-order valence-electron chi connectivity index (χ0n) is 16.3. The van der Waals surface area contributed by atoms with Crippen LogP contribution in [0.25, 0.3) is 0 Å². The maximum atomic E-state index is 13.0. The molecule has 29 heavy (non-hydrogen) atoms. The second-order valence-electron chi connectivity index (χ2n) is 6.87. The molecule has 0 aromatic heterocycles. The topological polar surface area (TPSA) is 75.3 Å². The Bertz CT molecular complexity index is 1190. The first-order chi connectivity index (χ1) is 13.7. The van der Waals surface area contributed by atoms with Crippen LogP contribution in [0.5, 0.6) is 0 Å². The summed E-state index contributed by atoms with van der Waals surface area (Å²) in [6, 6.07) is 16.8. The zero-order valence-corrected chi connectivity index (χ0v) is 17.9. The number of hydrogen-bond donors (Lipinski definition) is 2. The monoisotopic (exact) mass is 428 g/mol. The normalized spacial score (nSPS) is 11.2. The van der Waals surface area contributed by atoms with Crippen LogP contribution in [0.15, 0.2) is 65.6 Å². The van der Waals surface area contributed by atoms with E-state index in [0.29, 0.717) is 22.0 Å². The van der Waals surface area contributed by atoms with Gasteiger partial charge in [-0.05, 0) is 68.3 Å². The lowest BCUT2D eigenvalue weighted by molar-refractivity contribution is 0.102. The predicted octanol–water partition coefficient (Wildman–Crippen LogP) is 5.32. The van der Waals surface area contributed by atoms with Gasteiger partial charge in [-0.3, -0.25) is 9.52 Å². The van der Waals surface area contributed by atoms with Gasteiger partial charge in [-0.25, -0.2) is 8.42 Å². The average Bonchev–Trinajstić information content (AvgIpc) is 2.64. The van der Waals surface area contributed by atoms with Gasteiger partial charge in [0.05, 0.1) is 10.6 Å². The Labute approximate surface area is 175 Å². The molecule has 5 nitrogen and oxygen atoms in total. The minimum atomic E-state index is -3.87. The molecule has 0 fully saturated rings. The van der Waals surface area contributed by atoms with Crippen LogP contribution >= 0.6 is 11.6 Å². The Morgan fingerprint density at radius 1 is 0.897 bits per heavy atom. The lowest BCUT2D eigenvalue weighted by Crippen LogP contribution is -2.17. The molecular weight excluding hydrogens is 408 g/mol. The van der Waals surface area contributed by atoms with E-state index >= 15 is 0 Å². The summed E-state index contributed by atoms with van der Waals surface area (Å²) in [5.41, 5.74) is 3.67. The number of carbonyl (C=O) groups is 1. The summed E-state index contributed by atoms with van der Waals surface area (Å²) < 4.78 is 28.6. The van der Waals surface area contributed by atoms with E-state index in [9.17, 15) is 13.2 Å². The van der Waals surface area contributed by atoms with E-state index in [1.54, 1.807) is 49.4 Å².